The lowest BCUT2D eigenvalue weighted by Gasteiger charge is -2.09. The van der Waals surface area contributed by atoms with Crippen molar-refractivity contribution in [1.82, 2.24) is 15.0 Å². The summed E-state index contributed by atoms with van der Waals surface area (Å²) in [6.45, 7) is 2.20. The van der Waals surface area contributed by atoms with E-state index in [1.807, 2.05) is 19.2 Å². The van der Waals surface area contributed by atoms with Gasteiger partial charge in [0.1, 0.15) is 0 Å². The van der Waals surface area contributed by atoms with E-state index in [1.165, 1.54) is 0 Å². The Morgan fingerprint density at radius 2 is 1.85 bits per heavy atom. The van der Waals surface area contributed by atoms with Gasteiger partial charge >= 0.3 is 0 Å². The van der Waals surface area contributed by atoms with Crippen molar-refractivity contribution in [2.24, 2.45) is 7.05 Å². The number of nitrogens with one attached hydrogen (secondary N) is 2. The van der Waals surface area contributed by atoms with Crippen LogP contribution in [-0.2, 0) is 23.6 Å². The van der Waals surface area contributed by atoms with Crippen molar-refractivity contribution in [3.8, 4) is 0 Å². The lowest BCUT2D eigenvalue weighted by molar-refractivity contribution is 0.602. The second-order valence-electron chi connectivity index (χ2n) is 4.29. The molecule has 0 saturated carbocycles. The van der Waals surface area contributed by atoms with Crippen LogP contribution in [0.2, 0.25) is 0 Å². The summed E-state index contributed by atoms with van der Waals surface area (Å²) in [5, 5.41) is 10.9. The van der Waals surface area contributed by atoms with Gasteiger partial charge in [-0.1, -0.05) is 5.21 Å². The van der Waals surface area contributed by atoms with Crippen molar-refractivity contribution in [2.75, 3.05) is 15.8 Å². The van der Waals surface area contributed by atoms with E-state index in [2.05, 4.69) is 20.4 Å². The average Bonchev–Trinajstić information content (AvgIpc) is 2.83. The van der Waals surface area contributed by atoms with Gasteiger partial charge in [-0.2, -0.15) is 0 Å². The molecule has 108 valence electrons. The van der Waals surface area contributed by atoms with Gasteiger partial charge in [-0.3, -0.25) is 9.40 Å². The maximum absolute atomic E-state index is 11.4. The summed E-state index contributed by atoms with van der Waals surface area (Å²) in [6.07, 6.45) is 1.69. The largest absolute Gasteiger partial charge is 0.379 e. The van der Waals surface area contributed by atoms with E-state index in [1.54, 1.807) is 29.9 Å². The average molecular weight is 295 g/mol. The van der Waals surface area contributed by atoms with Crippen molar-refractivity contribution in [1.29, 1.82) is 0 Å². The summed E-state index contributed by atoms with van der Waals surface area (Å²) in [5.41, 5.74) is 2.41. The van der Waals surface area contributed by atoms with Gasteiger partial charge in [0.2, 0.25) is 10.0 Å². The van der Waals surface area contributed by atoms with Crippen LogP contribution in [0.15, 0.2) is 30.5 Å². The van der Waals surface area contributed by atoms with Crippen LogP contribution < -0.4 is 10.0 Å². The molecule has 0 bridgehead atoms. The van der Waals surface area contributed by atoms with Crippen LogP contribution in [0.3, 0.4) is 0 Å². The molecule has 0 spiro atoms. The number of hydrogen-bond donors (Lipinski definition) is 2. The maximum Gasteiger partial charge on any atom is 0.232 e. The summed E-state index contributed by atoms with van der Waals surface area (Å²) < 4.78 is 27.0. The number of hydrogen-bond acceptors (Lipinski definition) is 5. The van der Waals surface area contributed by atoms with Crippen LogP contribution in [-0.4, -0.2) is 29.2 Å². The number of nitrogens with zero attached hydrogens (tertiary/aromatic N) is 3. The van der Waals surface area contributed by atoms with Gasteiger partial charge in [0.15, 0.2) is 0 Å². The zero-order valence-electron chi connectivity index (χ0n) is 11.4. The number of aryl methyl sites for hydroxylation is 1. The van der Waals surface area contributed by atoms with Crippen molar-refractivity contribution in [3.05, 3.63) is 36.2 Å². The number of benzene rings is 1. The molecule has 1 aromatic heterocycles. The minimum atomic E-state index is -3.23. The first-order chi connectivity index (χ1) is 9.50. The molecule has 0 atom stereocenters. The quantitative estimate of drug-likeness (QED) is 0.835. The van der Waals surface area contributed by atoms with Crippen molar-refractivity contribution >= 4 is 21.4 Å². The van der Waals surface area contributed by atoms with Crippen LogP contribution in [0.4, 0.5) is 11.4 Å². The molecule has 8 heteroatoms. The zero-order valence-corrected chi connectivity index (χ0v) is 12.2. The van der Waals surface area contributed by atoms with Gasteiger partial charge in [0.25, 0.3) is 0 Å². The number of sulfonamides is 1. The Kier molecular flexibility index (Phi) is 4.23. The fourth-order valence-corrected chi connectivity index (χ4v) is 2.21. The molecule has 1 aromatic carbocycles. The Labute approximate surface area is 118 Å². The third kappa shape index (κ3) is 3.70. The van der Waals surface area contributed by atoms with E-state index >= 15 is 0 Å². The fourth-order valence-electron chi connectivity index (χ4n) is 1.57. The zero-order chi connectivity index (χ0) is 14.6. The predicted octanol–water partition coefficient (Wildman–Crippen LogP) is 1.19. The molecule has 1 heterocycles. The van der Waals surface area contributed by atoms with Crippen LogP contribution >= 0.6 is 0 Å². The van der Waals surface area contributed by atoms with Crippen LogP contribution in [0.1, 0.15) is 12.6 Å². The molecule has 7 nitrogen and oxygen atoms in total. The first-order valence-corrected chi connectivity index (χ1v) is 7.83. The summed E-state index contributed by atoms with van der Waals surface area (Å²) in [5.74, 6) is 0.0560. The Balaban J connectivity index is 1.97. The van der Waals surface area contributed by atoms with E-state index in [-0.39, 0.29) is 5.75 Å². The molecule has 2 rings (SSSR count). The lowest BCUT2D eigenvalue weighted by atomic mass is 10.3. The summed E-state index contributed by atoms with van der Waals surface area (Å²) in [6, 6.07) is 7.07. The Bertz CT molecular complexity index is 663. The smallest absolute Gasteiger partial charge is 0.232 e. The molecule has 20 heavy (non-hydrogen) atoms. The molecule has 0 aliphatic heterocycles. The third-order valence-electron chi connectivity index (χ3n) is 2.82. The molecular formula is C12H17N5O2S. The molecule has 2 aromatic rings. The van der Waals surface area contributed by atoms with Crippen molar-refractivity contribution < 1.29 is 8.42 Å². The molecule has 0 aliphatic carbocycles. The highest BCUT2D eigenvalue weighted by Gasteiger charge is 2.06. The van der Waals surface area contributed by atoms with Gasteiger partial charge in [-0.15, -0.1) is 5.10 Å². The van der Waals surface area contributed by atoms with Crippen LogP contribution in [0.25, 0.3) is 0 Å². The minimum Gasteiger partial charge on any atom is -0.379 e. The van der Waals surface area contributed by atoms with E-state index < -0.39 is 10.0 Å². The normalized spacial score (nSPS) is 11.3. The number of rotatable bonds is 6. The van der Waals surface area contributed by atoms with E-state index in [0.717, 1.165) is 11.4 Å². The highest BCUT2D eigenvalue weighted by atomic mass is 32.2. The number of aromatic nitrogens is 3. The van der Waals surface area contributed by atoms with E-state index in [4.69, 9.17) is 0 Å². The maximum atomic E-state index is 11.4. The van der Waals surface area contributed by atoms with Crippen LogP contribution in [0, 0.1) is 0 Å². The standard InChI is InChI=1S/C12H17N5O2S/c1-3-20(18,19)15-11-6-4-10(5-7-11)13-8-12-9-14-16-17(12)2/h4-7,9,13,15H,3,8H2,1-2H3. The first-order valence-electron chi connectivity index (χ1n) is 6.18. The molecule has 0 unspecified atom stereocenters. The third-order valence-corrected chi connectivity index (χ3v) is 4.13. The second-order valence-corrected chi connectivity index (χ2v) is 6.30. The van der Waals surface area contributed by atoms with Gasteiger partial charge in [-0.25, -0.2) is 8.42 Å². The topological polar surface area (TPSA) is 88.9 Å². The predicted molar refractivity (Wildman–Crippen MR) is 77.9 cm³/mol. The molecule has 2 N–H and O–H groups in total. The summed E-state index contributed by atoms with van der Waals surface area (Å²) in [7, 11) is -1.40. The molecule has 0 fully saturated rings. The van der Waals surface area contributed by atoms with Crippen molar-refractivity contribution in [2.45, 2.75) is 13.5 Å². The highest BCUT2D eigenvalue weighted by Crippen LogP contribution is 2.15. The molecular weight excluding hydrogens is 278 g/mol. The van der Waals surface area contributed by atoms with Crippen molar-refractivity contribution in [3.63, 3.8) is 0 Å². The Morgan fingerprint density at radius 3 is 2.40 bits per heavy atom. The Morgan fingerprint density at radius 1 is 1.20 bits per heavy atom. The van der Waals surface area contributed by atoms with Crippen LogP contribution in [0.5, 0.6) is 0 Å². The lowest BCUT2D eigenvalue weighted by Crippen LogP contribution is -2.14. The summed E-state index contributed by atoms with van der Waals surface area (Å²) in [4.78, 5) is 0. The first kappa shape index (κ1) is 14.3. The minimum absolute atomic E-state index is 0.0560. The highest BCUT2D eigenvalue weighted by molar-refractivity contribution is 7.92. The van der Waals surface area contributed by atoms with E-state index in [0.29, 0.717) is 12.2 Å². The van der Waals surface area contributed by atoms with E-state index in [9.17, 15) is 8.42 Å². The number of anilines is 2. The monoisotopic (exact) mass is 295 g/mol. The second kappa shape index (κ2) is 5.91. The molecule has 0 aliphatic rings. The Hall–Kier alpha value is -2.09. The SMILES string of the molecule is CCS(=O)(=O)Nc1ccc(NCc2cnnn2C)cc1. The summed E-state index contributed by atoms with van der Waals surface area (Å²) >= 11 is 0. The molecule has 0 radical (unpaired) electrons. The van der Waals surface area contributed by atoms with Gasteiger partial charge in [0, 0.05) is 18.4 Å². The molecule has 0 saturated heterocycles. The fraction of sp³-hybridized carbons (Fsp3) is 0.333. The molecule has 0 amide bonds. The van der Waals surface area contributed by atoms with Gasteiger partial charge < -0.3 is 5.32 Å². The van der Waals surface area contributed by atoms with Gasteiger partial charge in [-0.05, 0) is 31.2 Å². The van der Waals surface area contributed by atoms with Gasteiger partial charge in [0.05, 0.1) is 24.2 Å².